The van der Waals surface area contributed by atoms with Gasteiger partial charge in [-0.2, -0.15) is 0 Å². The summed E-state index contributed by atoms with van der Waals surface area (Å²) in [4.78, 5) is 0. The Morgan fingerprint density at radius 2 is 2.05 bits per heavy atom. The normalized spacial score (nSPS) is 20.5. The molecule has 0 saturated carbocycles. The fraction of sp³-hybridized carbons (Fsp3) is 0.421. The lowest BCUT2D eigenvalue weighted by Gasteiger charge is -2.11. The monoisotopic (exact) mass is 275 g/mol. The van der Waals surface area contributed by atoms with Gasteiger partial charge in [-0.15, -0.1) is 0 Å². The van der Waals surface area contributed by atoms with Crippen molar-refractivity contribution in [2.75, 3.05) is 0 Å². The van der Waals surface area contributed by atoms with Crippen LogP contribution in [0.3, 0.4) is 0 Å². The van der Waals surface area contributed by atoms with Crippen LogP contribution in [0.5, 0.6) is 0 Å². The van der Waals surface area contributed by atoms with Crippen molar-refractivity contribution < 1.29 is 14.2 Å². The average Bonchev–Trinajstić information content (AvgIpc) is 2.46. The second kappa shape index (κ2) is 5.78. The van der Waals surface area contributed by atoms with Gasteiger partial charge >= 0.3 is 0 Å². The van der Waals surface area contributed by atoms with Crippen molar-refractivity contribution in [1.29, 1.82) is 0 Å². The molecular weight excluding hydrogens is 242 g/mol. The Morgan fingerprint density at radius 3 is 2.70 bits per heavy atom. The van der Waals surface area contributed by atoms with Crippen molar-refractivity contribution in [1.82, 2.24) is 0 Å². The Morgan fingerprint density at radius 1 is 1.25 bits per heavy atom. The first-order chi connectivity index (χ1) is 12.1. The number of aromatic nitrogens is 1. The second-order valence-electron chi connectivity index (χ2n) is 5.32. The third kappa shape index (κ3) is 2.77. The molecule has 106 valence electrons. The van der Waals surface area contributed by atoms with Crippen LogP contribution in [0.15, 0.2) is 30.5 Å². The van der Waals surface area contributed by atoms with Crippen LogP contribution in [0.25, 0.3) is 11.3 Å². The minimum absolute atomic E-state index is 0.0218. The summed E-state index contributed by atoms with van der Waals surface area (Å²) < 4.78 is 55.5. The van der Waals surface area contributed by atoms with E-state index in [1.165, 1.54) is 6.92 Å². The highest BCUT2D eigenvalue weighted by Gasteiger charge is 2.17. The van der Waals surface area contributed by atoms with Crippen molar-refractivity contribution in [2.24, 2.45) is 7.05 Å². The summed E-state index contributed by atoms with van der Waals surface area (Å²) in [6, 6.07) is 7.48. The zero-order chi connectivity index (χ0) is 20.8. The average molecular weight is 275 g/mol. The number of pyridine rings is 1. The summed E-state index contributed by atoms with van der Waals surface area (Å²) in [5.41, 5.74) is 4.74. The maximum Gasteiger partial charge on any atom is 0.212 e. The van der Waals surface area contributed by atoms with E-state index in [0.29, 0.717) is 5.56 Å². The van der Waals surface area contributed by atoms with Crippen molar-refractivity contribution in [2.45, 2.75) is 46.8 Å². The summed E-state index contributed by atoms with van der Waals surface area (Å²) in [5.74, 6) is -1.70. The predicted molar refractivity (Wildman–Crippen MR) is 86.0 cm³/mol. The van der Waals surface area contributed by atoms with Crippen LogP contribution in [0, 0.1) is 13.8 Å². The molecule has 0 aliphatic carbocycles. The van der Waals surface area contributed by atoms with E-state index in [4.69, 9.17) is 9.60 Å². The molecule has 0 amide bonds. The molecule has 0 N–H and O–H groups in total. The van der Waals surface area contributed by atoms with Gasteiger partial charge in [0.2, 0.25) is 5.69 Å². The molecule has 1 unspecified atom stereocenters. The number of hydrogen-bond acceptors (Lipinski definition) is 0. The lowest BCUT2D eigenvalue weighted by atomic mass is 9.96. The molecule has 1 atom stereocenters. The zero-order valence-electron chi connectivity index (χ0n) is 19.5. The van der Waals surface area contributed by atoms with Gasteiger partial charge in [0, 0.05) is 26.8 Å². The smallest absolute Gasteiger partial charge is 0.201 e. The second-order valence-corrected chi connectivity index (χ2v) is 5.32. The molecule has 0 saturated heterocycles. The number of hydrogen-bond donors (Lipinski definition) is 0. The molecule has 0 bridgehead atoms. The third-order valence-electron chi connectivity index (χ3n) is 3.66. The van der Waals surface area contributed by atoms with Gasteiger partial charge in [0.25, 0.3) is 0 Å². The number of aryl methyl sites for hydroxylation is 4. The first-order valence-corrected chi connectivity index (χ1v) is 6.74. The van der Waals surface area contributed by atoms with Crippen molar-refractivity contribution in [3.63, 3.8) is 0 Å². The molecule has 1 nitrogen and oxygen atoms in total. The standard InChI is InChI=1S/C19H26N/c1-7-16-8-9-17(14(4)10-16)19-11-15(5)18(13(2)3)12-20(19)6/h8-13H,7H2,1-6H3/q+1/i1D3,2D3,13D. The highest BCUT2D eigenvalue weighted by molar-refractivity contribution is 5.62. The fourth-order valence-corrected chi connectivity index (χ4v) is 2.53. The van der Waals surface area contributed by atoms with Gasteiger partial charge in [-0.3, -0.25) is 0 Å². The van der Waals surface area contributed by atoms with E-state index < -0.39 is 19.6 Å². The molecule has 20 heavy (non-hydrogen) atoms. The topological polar surface area (TPSA) is 3.88 Å². The van der Waals surface area contributed by atoms with Gasteiger partial charge < -0.3 is 0 Å². The van der Waals surface area contributed by atoms with Crippen LogP contribution >= 0.6 is 0 Å². The van der Waals surface area contributed by atoms with Crippen molar-refractivity contribution in [3.05, 3.63) is 52.7 Å². The Bertz CT molecular complexity index is 848. The molecule has 1 heterocycles. The molecular formula is C19H26N+. The predicted octanol–water partition coefficient (Wildman–Crippen LogP) is 4.48. The van der Waals surface area contributed by atoms with Gasteiger partial charge in [0.1, 0.15) is 7.05 Å². The lowest BCUT2D eigenvalue weighted by Crippen LogP contribution is -2.32. The van der Waals surface area contributed by atoms with Crippen molar-refractivity contribution >= 4 is 0 Å². The molecule has 0 aliphatic heterocycles. The van der Waals surface area contributed by atoms with Gasteiger partial charge in [-0.1, -0.05) is 32.8 Å². The molecule has 2 aromatic rings. The van der Waals surface area contributed by atoms with Crippen LogP contribution in [0.2, 0.25) is 0 Å². The lowest BCUT2D eigenvalue weighted by molar-refractivity contribution is -0.660. The van der Waals surface area contributed by atoms with Gasteiger partial charge in [-0.25, -0.2) is 4.57 Å². The number of rotatable bonds is 3. The maximum absolute atomic E-state index is 8.36. The fourth-order valence-electron chi connectivity index (χ4n) is 2.53. The quantitative estimate of drug-likeness (QED) is 0.727. The van der Waals surface area contributed by atoms with Crippen LogP contribution in [-0.2, 0) is 13.5 Å². The molecule has 0 spiro atoms. The molecule has 2 rings (SSSR count). The molecule has 1 heteroatoms. The van der Waals surface area contributed by atoms with Crippen LogP contribution < -0.4 is 4.57 Å². The highest BCUT2D eigenvalue weighted by Crippen LogP contribution is 2.25. The number of benzene rings is 1. The largest absolute Gasteiger partial charge is 0.212 e. The maximum atomic E-state index is 8.36. The highest BCUT2D eigenvalue weighted by atomic mass is 14.9. The van der Waals surface area contributed by atoms with Gasteiger partial charge in [0.15, 0.2) is 6.20 Å². The van der Waals surface area contributed by atoms with E-state index in [1.807, 2.05) is 49.7 Å². The zero-order valence-corrected chi connectivity index (χ0v) is 12.5. The summed E-state index contributed by atoms with van der Waals surface area (Å²) >= 11 is 0. The molecule has 0 fully saturated rings. The van der Waals surface area contributed by atoms with E-state index >= 15 is 0 Å². The summed E-state index contributed by atoms with van der Waals surface area (Å²) in [6.07, 6.45) is 1.73. The first kappa shape index (κ1) is 7.97. The molecule has 1 aromatic heterocycles. The number of nitrogens with zero attached hydrogens (tertiary/aromatic N) is 1. The summed E-state index contributed by atoms with van der Waals surface area (Å²) in [7, 11) is 1.82. The molecule has 0 radical (unpaired) electrons. The van der Waals surface area contributed by atoms with Gasteiger partial charge in [-0.05, 0) is 48.9 Å². The van der Waals surface area contributed by atoms with Crippen LogP contribution in [-0.4, -0.2) is 0 Å². The Labute approximate surface area is 133 Å². The van der Waals surface area contributed by atoms with E-state index in [2.05, 4.69) is 0 Å². The van der Waals surface area contributed by atoms with Gasteiger partial charge in [0.05, 0.1) is 0 Å². The Kier molecular flexibility index (Phi) is 2.30. The van der Waals surface area contributed by atoms with E-state index in [9.17, 15) is 0 Å². The van der Waals surface area contributed by atoms with E-state index in [-0.39, 0.29) is 6.42 Å². The molecule has 1 aromatic carbocycles. The third-order valence-corrected chi connectivity index (χ3v) is 3.66. The Balaban J connectivity index is 2.51. The molecule has 0 aliphatic rings. The van der Waals surface area contributed by atoms with Crippen molar-refractivity contribution in [3.8, 4) is 11.3 Å². The minimum Gasteiger partial charge on any atom is -0.201 e. The Hall–Kier alpha value is -1.63. The SMILES string of the molecule is [2H]C([2H])([2H])Cc1ccc(-c2cc(C)c(C([2H])(C)C([2H])([2H])[2H])c[n+]2C)c(C)c1. The van der Waals surface area contributed by atoms with Crippen LogP contribution in [0.4, 0.5) is 0 Å². The van der Waals surface area contributed by atoms with Crippen LogP contribution in [0.1, 0.15) is 58.4 Å². The minimum atomic E-state index is -2.43. The summed E-state index contributed by atoms with van der Waals surface area (Å²) in [5, 5.41) is 0. The first-order valence-electron chi connectivity index (χ1n) is 10.2. The van der Waals surface area contributed by atoms with E-state index in [1.54, 1.807) is 6.20 Å². The summed E-state index contributed by atoms with van der Waals surface area (Å²) in [6.45, 7) is 0.717. The van der Waals surface area contributed by atoms with E-state index in [0.717, 1.165) is 27.9 Å².